The van der Waals surface area contributed by atoms with Crippen molar-refractivity contribution >= 4 is 10.0 Å². The molecule has 0 rings (SSSR count). The van der Waals surface area contributed by atoms with Gasteiger partial charge in [0.2, 0.25) is 10.0 Å². The maximum atomic E-state index is 9.97. The molecule has 0 saturated carbocycles. The number of nitrogens with one attached hydrogen (secondary N) is 1. The van der Waals surface area contributed by atoms with Gasteiger partial charge >= 0.3 is 0 Å². The van der Waals surface area contributed by atoms with Gasteiger partial charge in [0, 0.05) is 5.41 Å². The maximum Gasteiger partial charge on any atom is 0.246 e. The Hall–Kier alpha value is -0.350. The highest BCUT2D eigenvalue weighted by atomic mass is 32.2. The fourth-order valence-electron chi connectivity index (χ4n) is 0.223. The third-order valence-electron chi connectivity index (χ3n) is 0.511. The highest BCUT2D eigenvalue weighted by molar-refractivity contribution is 7.91. The van der Waals surface area contributed by atoms with E-state index in [0.717, 1.165) is 5.41 Å². The number of sulfonamides is 1. The lowest BCUT2D eigenvalue weighted by molar-refractivity contribution is 0.604. The molecule has 0 spiro atoms. The minimum atomic E-state index is -3.62. The normalized spacial score (nSPS) is 12.8. The first-order valence-corrected chi connectivity index (χ1v) is 3.77. The van der Waals surface area contributed by atoms with E-state index in [1.165, 1.54) is 6.08 Å². The predicted octanol–water partition coefficient (Wildman–Crippen LogP) is 0.523. The lowest BCUT2D eigenvalue weighted by Crippen LogP contribution is -1.91. The number of rotatable bonds is 2. The van der Waals surface area contributed by atoms with Crippen LogP contribution in [0.15, 0.2) is 11.5 Å². The Balaban J connectivity index is 3.92. The third-order valence-corrected chi connectivity index (χ3v) is 1.06. The molecule has 0 unspecified atom stereocenters. The van der Waals surface area contributed by atoms with Crippen LogP contribution in [0.3, 0.4) is 0 Å². The Kier molecular flexibility index (Phi) is 2.71. The lowest BCUT2D eigenvalue weighted by Gasteiger charge is -1.79. The van der Waals surface area contributed by atoms with Crippen molar-refractivity contribution < 1.29 is 8.42 Å². The Morgan fingerprint density at radius 1 is 1.62 bits per heavy atom. The van der Waals surface area contributed by atoms with E-state index in [9.17, 15) is 8.42 Å². The standard InChI is InChI=1S/C4H8NO2S/c1-2-3-4-8(5,6)7/h3-5H,2H2,1H3. The second kappa shape index (κ2) is 2.84. The van der Waals surface area contributed by atoms with Crippen LogP contribution in [0.25, 0.3) is 0 Å². The molecule has 1 N–H and O–H groups in total. The van der Waals surface area contributed by atoms with Gasteiger partial charge in [-0.3, -0.25) is 0 Å². The van der Waals surface area contributed by atoms with Crippen LogP contribution in [-0.4, -0.2) is 8.42 Å². The molecular formula is C4H8NO2S. The molecule has 8 heavy (non-hydrogen) atoms. The van der Waals surface area contributed by atoms with Gasteiger partial charge in [-0.15, -0.1) is 5.14 Å². The summed E-state index contributed by atoms with van der Waals surface area (Å²) < 4.78 is 19.9. The second-order valence-corrected chi connectivity index (χ2v) is 2.69. The monoisotopic (exact) mass is 134 g/mol. The molecule has 0 saturated heterocycles. The van der Waals surface area contributed by atoms with Crippen molar-refractivity contribution in [3.8, 4) is 0 Å². The average molecular weight is 134 g/mol. The quantitative estimate of drug-likeness (QED) is 0.553. The molecule has 0 aliphatic rings. The molecule has 1 radical (unpaired) electrons. The first kappa shape index (κ1) is 7.65. The van der Waals surface area contributed by atoms with Crippen LogP contribution in [0.4, 0.5) is 0 Å². The van der Waals surface area contributed by atoms with E-state index in [2.05, 4.69) is 0 Å². The average Bonchev–Trinajstić information content (AvgIpc) is 1.59. The van der Waals surface area contributed by atoms with Gasteiger partial charge in [0.1, 0.15) is 0 Å². The van der Waals surface area contributed by atoms with Crippen LogP contribution >= 0.6 is 0 Å². The predicted molar refractivity (Wildman–Crippen MR) is 31.4 cm³/mol. The Labute approximate surface area is 49.2 Å². The molecule has 0 aromatic heterocycles. The second-order valence-electron chi connectivity index (χ2n) is 1.33. The molecule has 0 heterocycles. The highest BCUT2D eigenvalue weighted by Gasteiger charge is 1.90. The maximum absolute atomic E-state index is 9.97. The van der Waals surface area contributed by atoms with Crippen LogP contribution in [0, 0.1) is 0 Å². The van der Waals surface area contributed by atoms with Gasteiger partial charge in [0.05, 0.1) is 0 Å². The summed E-state index contributed by atoms with van der Waals surface area (Å²) in [5.41, 5.74) is 0. The van der Waals surface area contributed by atoms with Crippen molar-refractivity contribution in [2.75, 3.05) is 0 Å². The van der Waals surface area contributed by atoms with Gasteiger partial charge in [-0.2, -0.15) is 0 Å². The topological polar surface area (TPSA) is 57.9 Å². The first-order valence-electron chi connectivity index (χ1n) is 2.22. The number of hydrogen-bond acceptors (Lipinski definition) is 2. The van der Waals surface area contributed by atoms with E-state index >= 15 is 0 Å². The van der Waals surface area contributed by atoms with Crippen LogP contribution in [-0.2, 0) is 10.0 Å². The van der Waals surface area contributed by atoms with Gasteiger partial charge in [-0.25, -0.2) is 8.42 Å². The number of hydrogen-bond donors (Lipinski definition) is 0. The van der Waals surface area contributed by atoms with Gasteiger partial charge < -0.3 is 0 Å². The van der Waals surface area contributed by atoms with E-state index in [0.29, 0.717) is 6.42 Å². The molecule has 0 bridgehead atoms. The van der Waals surface area contributed by atoms with E-state index in [1.807, 2.05) is 6.92 Å². The van der Waals surface area contributed by atoms with Crippen molar-refractivity contribution in [1.82, 2.24) is 5.14 Å². The van der Waals surface area contributed by atoms with E-state index in [4.69, 9.17) is 5.14 Å². The highest BCUT2D eigenvalue weighted by Crippen LogP contribution is 1.85. The molecule has 47 valence electrons. The Morgan fingerprint density at radius 2 is 2.12 bits per heavy atom. The molecule has 0 amide bonds. The van der Waals surface area contributed by atoms with Crippen molar-refractivity contribution in [3.05, 3.63) is 11.5 Å². The molecule has 4 heteroatoms. The summed E-state index contributed by atoms with van der Waals surface area (Å²) in [5.74, 6) is 0. The summed E-state index contributed by atoms with van der Waals surface area (Å²) in [7, 11) is -3.62. The minimum absolute atomic E-state index is 0.651. The molecule has 0 aromatic carbocycles. The van der Waals surface area contributed by atoms with Crippen LogP contribution in [0.2, 0.25) is 0 Å². The molecule has 3 nitrogen and oxygen atoms in total. The molecular weight excluding hydrogens is 126 g/mol. The smallest absolute Gasteiger partial charge is 0.206 e. The molecule has 0 aliphatic heterocycles. The van der Waals surface area contributed by atoms with Crippen molar-refractivity contribution in [2.24, 2.45) is 0 Å². The zero-order chi connectivity index (χ0) is 6.62. The molecule has 0 fully saturated rings. The molecule has 0 atom stereocenters. The third kappa shape index (κ3) is 5.65. The van der Waals surface area contributed by atoms with Crippen LogP contribution in [0.5, 0.6) is 0 Å². The van der Waals surface area contributed by atoms with Crippen LogP contribution in [0.1, 0.15) is 13.3 Å². The van der Waals surface area contributed by atoms with Crippen molar-refractivity contribution in [2.45, 2.75) is 13.3 Å². The largest absolute Gasteiger partial charge is 0.246 e. The van der Waals surface area contributed by atoms with Gasteiger partial charge in [0.15, 0.2) is 0 Å². The fourth-order valence-corrected chi connectivity index (χ4v) is 0.669. The summed E-state index contributed by atoms with van der Waals surface area (Å²) in [4.78, 5) is 0. The van der Waals surface area contributed by atoms with Gasteiger partial charge in [-0.05, 0) is 6.42 Å². The minimum Gasteiger partial charge on any atom is -0.206 e. The Bertz CT molecular complexity index is 168. The van der Waals surface area contributed by atoms with E-state index in [-0.39, 0.29) is 0 Å². The van der Waals surface area contributed by atoms with Crippen molar-refractivity contribution in [3.63, 3.8) is 0 Å². The lowest BCUT2D eigenvalue weighted by atomic mass is 10.5. The molecule has 0 aromatic rings. The summed E-state index contributed by atoms with van der Waals surface area (Å²) >= 11 is 0. The summed E-state index contributed by atoms with van der Waals surface area (Å²) in [5, 5.41) is 7.20. The summed E-state index contributed by atoms with van der Waals surface area (Å²) in [6.07, 6.45) is 2.08. The first-order chi connectivity index (χ1) is 3.56. The number of allylic oxidation sites excluding steroid dienone is 1. The zero-order valence-electron chi connectivity index (χ0n) is 4.59. The van der Waals surface area contributed by atoms with E-state index < -0.39 is 10.0 Å². The Morgan fingerprint density at radius 3 is 2.25 bits per heavy atom. The van der Waals surface area contributed by atoms with Crippen molar-refractivity contribution in [1.29, 1.82) is 0 Å². The van der Waals surface area contributed by atoms with Crippen LogP contribution < -0.4 is 5.14 Å². The summed E-state index contributed by atoms with van der Waals surface area (Å²) in [6, 6.07) is 0. The zero-order valence-corrected chi connectivity index (χ0v) is 5.40. The molecule has 0 aliphatic carbocycles. The van der Waals surface area contributed by atoms with E-state index in [1.54, 1.807) is 0 Å². The fraction of sp³-hybridized carbons (Fsp3) is 0.500. The summed E-state index contributed by atoms with van der Waals surface area (Å²) in [6.45, 7) is 1.81. The van der Waals surface area contributed by atoms with Gasteiger partial charge in [-0.1, -0.05) is 13.0 Å². The van der Waals surface area contributed by atoms with Gasteiger partial charge in [0.25, 0.3) is 0 Å². The SMILES string of the molecule is CCC=CS([NH])(=O)=O.